The molecule has 0 saturated heterocycles. The average Bonchev–Trinajstić information content (AvgIpc) is 2.51. The Kier molecular flexibility index (Phi) is 6.09. The third kappa shape index (κ3) is 5.52. The monoisotopic (exact) mass is 325 g/mol. The molecule has 0 fully saturated rings. The number of rotatable bonds is 6. The molecular formula is C19H23N3O2. The molecule has 5 heteroatoms. The largest absolute Gasteiger partial charge is 0.325 e. The number of benzene rings is 2. The van der Waals surface area contributed by atoms with Crippen LogP contribution < -0.4 is 10.6 Å². The minimum Gasteiger partial charge on any atom is -0.325 e. The molecule has 0 aromatic heterocycles. The molecule has 0 saturated carbocycles. The van der Waals surface area contributed by atoms with Gasteiger partial charge in [-0.25, -0.2) is 0 Å². The number of anilines is 2. The molecule has 2 rings (SSSR count). The van der Waals surface area contributed by atoms with Crippen molar-refractivity contribution < 1.29 is 9.59 Å². The van der Waals surface area contributed by atoms with Gasteiger partial charge in [0.15, 0.2) is 0 Å². The van der Waals surface area contributed by atoms with Gasteiger partial charge in [-0.05, 0) is 50.2 Å². The van der Waals surface area contributed by atoms with Crippen molar-refractivity contribution in [3.8, 4) is 0 Å². The second-order valence-electron chi connectivity index (χ2n) is 5.95. The van der Waals surface area contributed by atoms with Gasteiger partial charge in [0.2, 0.25) is 11.8 Å². The molecule has 0 heterocycles. The van der Waals surface area contributed by atoms with E-state index in [1.807, 2.05) is 62.4 Å². The minimum atomic E-state index is -0.150. The minimum absolute atomic E-state index is 0.140. The van der Waals surface area contributed by atoms with Gasteiger partial charge in [0.05, 0.1) is 13.1 Å². The van der Waals surface area contributed by atoms with Gasteiger partial charge in [0, 0.05) is 11.4 Å². The summed E-state index contributed by atoms with van der Waals surface area (Å²) in [5.74, 6) is -0.290. The van der Waals surface area contributed by atoms with E-state index in [-0.39, 0.29) is 24.9 Å². The van der Waals surface area contributed by atoms with Crippen LogP contribution in [0, 0.1) is 13.8 Å². The van der Waals surface area contributed by atoms with Crippen LogP contribution in [0.5, 0.6) is 0 Å². The summed E-state index contributed by atoms with van der Waals surface area (Å²) in [6.45, 7) is 4.23. The van der Waals surface area contributed by atoms with Crippen LogP contribution in [0.15, 0.2) is 48.5 Å². The Balaban J connectivity index is 1.83. The maximum Gasteiger partial charge on any atom is 0.238 e. The van der Waals surface area contributed by atoms with Gasteiger partial charge in [-0.3, -0.25) is 14.5 Å². The number of nitrogens with one attached hydrogen (secondary N) is 2. The summed E-state index contributed by atoms with van der Waals surface area (Å²) in [6.07, 6.45) is 0. The predicted molar refractivity (Wildman–Crippen MR) is 97.1 cm³/mol. The summed E-state index contributed by atoms with van der Waals surface area (Å²) in [5, 5.41) is 5.69. The number of carbonyl (C=O) groups is 2. The van der Waals surface area contributed by atoms with Crippen molar-refractivity contribution in [3.05, 3.63) is 59.7 Å². The second-order valence-corrected chi connectivity index (χ2v) is 5.95. The lowest BCUT2D eigenvalue weighted by Crippen LogP contribution is -2.36. The highest BCUT2D eigenvalue weighted by Crippen LogP contribution is 2.16. The van der Waals surface area contributed by atoms with Gasteiger partial charge in [0.1, 0.15) is 0 Å². The maximum absolute atomic E-state index is 12.1. The highest BCUT2D eigenvalue weighted by molar-refractivity contribution is 5.95. The summed E-state index contributed by atoms with van der Waals surface area (Å²) in [5.41, 5.74) is 3.66. The van der Waals surface area contributed by atoms with Crippen molar-refractivity contribution in [2.75, 3.05) is 30.8 Å². The van der Waals surface area contributed by atoms with E-state index < -0.39 is 0 Å². The summed E-state index contributed by atoms with van der Waals surface area (Å²) in [7, 11) is 1.74. The van der Waals surface area contributed by atoms with Crippen molar-refractivity contribution in [2.24, 2.45) is 0 Å². The molecule has 0 atom stereocenters. The Morgan fingerprint density at radius 2 is 1.54 bits per heavy atom. The van der Waals surface area contributed by atoms with Crippen molar-refractivity contribution in [3.63, 3.8) is 0 Å². The number of likely N-dealkylation sites (N-methyl/N-ethyl adjacent to an activating group) is 1. The molecular weight excluding hydrogens is 302 g/mol. The van der Waals surface area contributed by atoms with E-state index >= 15 is 0 Å². The average molecular weight is 325 g/mol. The second kappa shape index (κ2) is 8.26. The third-order valence-electron chi connectivity index (χ3n) is 3.55. The number of hydrogen-bond acceptors (Lipinski definition) is 3. The molecule has 0 aliphatic carbocycles. The standard InChI is InChI=1S/C19H23N3O2/c1-14-9-10-15(2)17(11-14)21-19(24)13-22(3)12-18(23)20-16-7-5-4-6-8-16/h4-11H,12-13H2,1-3H3,(H,20,23)(H,21,24). The maximum atomic E-state index is 12.1. The Morgan fingerprint density at radius 3 is 2.21 bits per heavy atom. The van der Waals surface area contributed by atoms with Gasteiger partial charge in [0.25, 0.3) is 0 Å². The smallest absolute Gasteiger partial charge is 0.238 e. The van der Waals surface area contributed by atoms with Crippen molar-refractivity contribution in [2.45, 2.75) is 13.8 Å². The number of carbonyl (C=O) groups excluding carboxylic acids is 2. The first kappa shape index (κ1) is 17.7. The lowest BCUT2D eigenvalue weighted by atomic mass is 10.1. The van der Waals surface area contributed by atoms with Gasteiger partial charge >= 0.3 is 0 Å². The SMILES string of the molecule is Cc1ccc(C)c(NC(=O)CN(C)CC(=O)Nc2ccccc2)c1. The number of amides is 2. The Bertz CT molecular complexity index is 714. The molecule has 2 N–H and O–H groups in total. The molecule has 0 bridgehead atoms. The summed E-state index contributed by atoms with van der Waals surface area (Å²) >= 11 is 0. The van der Waals surface area contributed by atoms with Crippen molar-refractivity contribution in [1.82, 2.24) is 4.90 Å². The number of para-hydroxylation sites is 1. The molecule has 126 valence electrons. The fraction of sp³-hybridized carbons (Fsp3) is 0.263. The number of aryl methyl sites for hydroxylation is 2. The molecule has 0 unspecified atom stereocenters. The normalized spacial score (nSPS) is 10.5. The Morgan fingerprint density at radius 1 is 0.917 bits per heavy atom. The summed E-state index contributed by atoms with van der Waals surface area (Å²) in [4.78, 5) is 25.8. The van der Waals surface area contributed by atoms with E-state index in [0.29, 0.717) is 0 Å². The first-order valence-electron chi connectivity index (χ1n) is 7.84. The van der Waals surface area contributed by atoms with Crippen LogP contribution in [0.3, 0.4) is 0 Å². The van der Waals surface area contributed by atoms with E-state index in [2.05, 4.69) is 10.6 Å². The molecule has 5 nitrogen and oxygen atoms in total. The van der Waals surface area contributed by atoms with Gasteiger partial charge in [-0.15, -0.1) is 0 Å². The fourth-order valence-corrected chi connectivity index (χ4v) is 2.33. The lowest BCUT2D eigenvalue weighted by Gasteiger charge is -2.17. The number of nitrogens with zero attached hydrogens (tertiary/aromatic N) is 1. The van der Waals surface area contributed by atoms with E-state index in [4.69, 9.17) is 0 Å². The molecule has 24 heavy (non-hydrogen) atoms. The van der Waals surface area contributed by atoms with Crippen molar-refractivity contribution >= 4 is 23.2 Å². The molecule has 2 aromatic rings. The van der Waals surface area contributed by atoms with E-state index in [0.717, 1.165) is 22.5 Å². The topological polar surface area (TPSA) is 61.4 Å². The van der Waals surface area contributed by atoms with Crippen LogP contribution in [0.2, 0.25) is 0 Å². The molecule has 2 amide bonds. The van der Waals surface area contributed by atoms with Crippen LogP contribution in [0.1, 0.15) is 11.1 Å². The lowest BCUT2D eigenvalue weighted by molar-refractivity contribution is -0.119. The number of hydrogen-bond donors (Lipinski definition) is 2. The van der Waals surface area contributed by atoms with Crippen LogP contribution in [0.4, 0.5) is 11.4 Å². The molecule has 0 aliphatic heterocycles. The molecule has 0 radical (unpaired) electrons. The van der Waals surface area contributed by atoms with Crippen molar-refractivity contribution in [1.29, 1.82) is 0 Å². The third-order valence-corrected chi connectivity index (χ3v) is 3.55. The predicted octanol–water partition coefficient (Wildman–Crippen LogP) is 2.81. The van der Waals surface area contributed by atoms with Crippen LogP contribution in [-0.4, -0.2) is 36.9 Å². The van der Waals surface area contributed by atoms with Crippen LogP contribution in [0.25, 0.3) is 0 Å². The Labute approximate surface area is 142 Å². The van der Waals surface area contributed by atoms with Gasteiger partial charge in [-0.2, -0.15) is 0 Å². The first-order valence-corrected chi connectivity index (χ1v) is 7.84. The molecule has 0 spiro atoms. The fourth-order valence-electron chi connectivity index (χ4n) is 2.33. The summed E-state index contributed by atoms with van der Waals surface area (Å²) in [6, 6.07) is 15.2. The molecule has 0 aliphatic rings. The highest BCUT2D eigenvalue weighted by Gasteiger charge is 2.12. The van der Waals surface area contributed by atoms with Crippen LogP contribution >= 0.6 is 0 Å². The zero-order valence-electron chi connectivity index (χ0n) is 14.3. The molecule has 2 aromatic carbocycles. The summed E-state index contributed by atoms with van der Waals surface area (Å²) < 4.78 is 0. The van der Waals surface area contributed by atoms with E-state index in [1.165, 1.54) is 0 Å². The first-order chi connectivity index (χ1) is 11.4. The van der Waals surface area contributed by atoms with Crippen LogP contribution in [-0.2, 0) is 9.59 Å². The highest BCUT2D eigenvalue weighted by atomic mass is 16.2. The van der Waals surface area contributed by atoms with E-state index in [9.17, 15) is 9.59 Å². The quantitative estimate of drug-likeness (QED) is 0.858. The van der Waals surface area contributed by atoms with Gasteiger partial charge in [-0.1, -0.05) is 30.3 Å². The zero-order valence-corrected chi connectivity index (χ0v) is 14.3. The Hall–Kier alpha value is -2.66. The van der Waals surface area contributed by atoms with E-state index in [1.54, 1.807) is 11.9 Å². The zero-order chi connectivity index (χ0) is 17.5. The van der Waals surface area contributed by atoms with Gasteiger partial charge < -0.3 is 10.6 Å².